The summed E-state index contributed by atoms with van der Waals surface area (Å²) in [7, 11) is 0. The van der Waals surface area contributed by atoms with Crippen LogP contribution in [0.3, 0.4) is 0 Å². The number of carbonyl (C=O) groups is 1. The summed E-state index contributed by atoms with van der Waals surface area (Å²) in [6.45, 7) is 5.73. The summed E-state index contributed by atoms with van der Waals surface area (Å²) in [5, 5.41) is 13.3. The number of nitro benzene ring substituents is 1. The fourth-order valence-corrected chi connectivity index (χ4v) is 1.31. The molecule has 1 rings (SSSR count). The molecule has 1 amide bonds. The Hall–Kier alpha value is -2.11. The molecule has 1 aromatic rings. The summed E-state index contributed by atoms with van der Waals surface area (Å²) < 4.78 is 5.26. The van der Waals surface area contributed by atoms with E-state index in [-0.39, 0.29) is 23.7 Å². The summed E-state index contributed by atoms with van der Waals surface area (Å²) in [5.74, 6) is 0.209. The maximum absolute atomic E-state index is 11.6. The van der Waals surface area contributed by atoms with Crippen LogP contribution in [0.2, 0.25) is 0 Å². The molecule has 19 heavy (non-hydrogen) atoms. The Labute approximate surface area is 111 Å². The van der Waals surface area contributed by atoms with Gasteiger partial charge in [-0.2, -0.15) is 0 Å². The monoisotopic (exact) mass is 266 g/mol. The fourth-order valence-electron chi connectivity index (χ4n) is 1.31. The van der Waals surface area contributed by atoms with E-state index in [9.17, 15) is 14.9 Å². The van der Waals surface area contributed by atoms with Gasteiger partial charge in [0.2, 0.25) is 0 Å². The van der Waals surface area contributed by atoms with Crippen LogP contribution in [0.1, 0.15) is 27.2 Å². The van der Waals surface area contributed by atoms with Gasteiger partial charge in [0.1, 0.15) is 5.75 Å². The molecule has 0 aliphatic carbocycles. The molecule has 0 aliphatic heterocycles. The first-order chi connectivity index (χ1) is 8.84. The maximum atomic E-state index is 11.6. The van der Waals surface area contributed by atoms with Gasteiger partial charge in [-0.1, -0.05) is 6.92 Å². The Kier molecular flexibility index (Phi) is 4.86. The number of nitro groups is 1. The molecule has 6 heteroatoms. The largest absolute Gasteiger partial charge is 0.484 e. The van der Waals surface area contributed by atoms with Crippen molar-refractivity contribution >= 4 is 11.6 Å². The number of hydrogen-bond donors (Lipinski definition) is 1. The van der Waals surface area contributed by atoms with Crippen LogP contribution in [-0.2, 0) is 4.79 Å². The van der Waals surface area contributed by atoms with Crippen LogP contribution in [-0.4, -0.2) is 23.0 Å². The van der Waals surface area contributed by atoms with E-state index in [1.807, 2.05) is 20.8 Å². The van der Waals surface area contributed by atoms with Gasteiger partial charge in [-0.15, -0.1) is 0 Å². The summed E-state index contributed by atoms with van der Waals surface area (Å²) in [4.78, 5) is 21.6. The lowest BCUT2D eigenvalue weighted by atomic mass is 10.0. The van der Waals surface area contributed by atoms with Crippen LogP contribution in [0.25, 0.3) is 0 Å². The first-order valence-corrected chi connectivity index (χ1v) is 6.02. The Balaban J connectivity index is 2.48. The van der Waals surface area contributed by atoms with E-state index in [2.05, 4.69) is 5.32 Å². The van der Waals surface area contributed by atoms with Gasteiger partial charge in [0.05, 0.1) is 4.92 Å². The minimum atomic E-state index is -0.486. The molecular formula is C13H18N2O4. The Morgan fingerprint density at radius 1 is 1.37 bits per heavy atom. The molecule has 1 aromatic carbocycles. The molecule has 0 atom stereocenters. The van der Waals surface area contributed by atoms with Crippen molar-refractivity contribution in [2.75, 3.05) is 6.61 Å². The van der Waals surface area contributed by atoms with Gasteiger partial charge in [-0.3, -0.25) is 14.9 Å². The molecule has 0 aromatic heterocycles. The number of nitrogens with one attached hydrogen (secondary N) is 1. The molecule has 0 heterocycles. The molecule has 0 spiro atoms. The van der Waals surface area contributed by atoms with Gasteiger partial charge in [0.15, 0.2) is 6.61 Å². The van der Waals surface area contributed by atoms with E-state index in [0.717, 1.165) is 6.42 Å². The molecule has 0 fully saturated rings. The van der Waals surface area contributed by atoms with E-state index in [0.29, 0.717) is 5.75 Å². The zero-order valence-electron chi connectivity index (χ0n) is 11.3. The fraction of sp³-hybridized carbons (Fsp3) is 0.462. The standard InChI is InChI=1S/C13H18N2O4/c1-4-13(2,3)14-12(16)9-19-11-7-5-10(6-8-11)15(17)18/h5-8H,4,9H2,1-3H3,(H,14,16). The molecule has 6 nitrogen and oxygen atoms in total. The number of nitrogens with zero attached hydrogens (tertiary/aromatic N) is 1. The molecule has 0 saturated heterocycles. The van der Waals surface area contributed by atoms with E-state index >= 15 is 0 Å². The number of benzene rings is 1. The van der Waals surface area contributed by atoms with Crippen LogP contribution in [0.4, 0.5) is 5.69 Å². The molecule has 0 aliphatic rings. The number of non-ortho nitro benzene ring substituents is 1. The highest BCUT2D eigenvalue weighted by Crippen LogP contribution is 2.17. The Bertz CT molecular complexity index is 454. The zero-order valence-corrected chi connectivity index (χ0v) is 11.3. The first kappa shape index (κ1) is 14.9. The summed E-state index contributed by atoms with van der Waals surface area (Å²) in [6.07, 6.45) is 0.816. The predicted octanol–water partition coefficient (Wildman–Crippen LogP) is 2.28. The van der Waals surface area contributed by atoms with Gasteiger partial charge in [0, 0.05) is 17.7 Å². The highest BCUT2D eigenvalue weighted by molar-refractivity contribution is 5.78. The SMILES string of the molecule is CCC(C)(C)NC(=O)COc1ccc([N+](=O)[O-])cc1. The van der Waals surface area contributed by atoms with Crippen molar-refractivity contribution in [1.82, 2.24) is 5.32 Å². The molecule has 1 N–H and O–H groups in total. The van der Waals surface area contributed by atoms with Crippen molar-refractivity contribution in [1.29, 1.82) is 0 Å². The number of ether oxygens (including phenoxy) is 1. The molecule has 0 radical (unpaired) electrons. The number of amides is 1. The quantitative estimate of drug-likeness (QED) is 0.632. The van der Waals surface area contributed by atoms with Crippen LogP contribution in [0.15, 0.2) is 24.3 Å². The summed E-state index contributed by atoms with van der Waals surface area (Å²) in [5.41, 5.74) is -0.278. The van der Waals surface area contributed by atoms with E-state index in [1.165, 1.54) is 24.3 Å². The van der Waals surface area contributed by atoms with Crippen molar-refractivity contribution < 1.29 is 14.5 Å². The minimum absolute atomic E-state index is 0.0103. The van der Waals surface area contributed by atoms with Gasteiger partial charge < -0.3 is 10.1 Å². The average molecular weight is 266 g/mol. The highest BCUT2D eigenvalue weighted by atomic mass is 16.6. The first-order valence-electron chi connectivity index (χ1n) is 6.02. The van der Waals surface area contributed by atoms with Crippen molar-refractivity contribution in [3.8, 4) is 5.75 Å². The second-order valence-corrected chi connectivity index (χ2v) is 4.83. The highest BCUT2D eigenvalue weighted by Gasteiger charge is 2.17. The third-order valence-corrected chi connectivity index (χ3v) is 2.78. The second-order valence-electron chi connectivity index (χ2n) is 4.83. The van der Waals surface area contributed by atoms with Crippen LogP contribution < -0.4 is 10.1 Å². The topological polar surface area (TPSA) is 81.5 Å². The summed E-state index contributed by atoms with van der Waals surface area (Å²) in [6, 6.07) is 5.61. The van der Waals surface area contributed by atoms with Gasteiger partial charge in [-0.25, -0.2) is 0 Å². The normalized spacial score (nSPS) is 10.9. The maximum Gasteiger partial charge on any atom is 0.269 e. The predicted molar refractivity (Wildman–Crippen MR) is 71.1 cm³/mol. The van der Waals surface area contributed by atoms with E-state index < -0.39 is 4.92 Å². The van der Waals surface area contributed by atoms with Crippen molar-refractivity contribution in [2.45, 2.75) is 32.7 Å². The zero-order chi connectivity index (χ0) is 14.5. The molecule has 0 unspecified atom stereocenters. The van der Waals surface area contributed by atoms with Crippen molar-refractivity contribution in [3.05, 3.63) is 34.4 Å². The Morgan fingerprint density at radius 2 is 1.95 bits per heavy atom. The third kappa shape index (κ3) is 4.95. The summed E-state index contributed by atoms with van der Waals surface area (Å²) >= 11 is 0. The van der Waals surface area contributed by atoms with Gasteiger partial charge in [0.25, 0.3) is 11.6 Å². The number of rotatable bonds is 6. The Morgan fingerprint density at radius 3 is 2.42 bits per heavy atom. The lowest BCUT2D eigenvalue weighted by Crippen LogP contribution is -2.44. The van der Waals surface area contributed by atoms with Gasteiger partial charge in [-0.05, 0) is 32.4 Å². The van der Waals surface area contributed by atoms with Crippen LogP contribution >= 0.6 is 0 Å². The minimum Gasteiger partial charge on any atom is -0.484 e. The van der Waals surface area contributed by atoms with Crippen molar-refractivity contribution in [3.63, 3.8) is 0 Å². The number of hydrogen-bond acceptors (Lipinski definition) is 4. The lowest BCUT2D eigenvalue weighted by molar-refractivity contribution is -0.384. The molecule has 0 bridgehead atoms. The van der Waals surface area contributed by atoms with Crippen LogP contribution in [0, 0.1) is 10.1 Å². The van der Waals surface area contributed by atoms with Crippen molar-refractivity contribution in [2.24, 2.45) is 0 Å². The third-order valence-electron chi connectivity index (χ3n) is 2.78. The van der Waals surface area contributed by atoms with E-state index in [1.54, 1.807) is 0 Å². The van der Waals surface area contributed by atoms with Gasteiger partial charge >= 0.3 is 0 Å². The van der Waals surface area contributed by atoms with E-state index in [4.69, 9.17) is 4.74 Å². The number of carbonyl (C=O) groups excluding carboxylic acids is 1. The lowest BCUT2D eigenvalue weighted by Gasteiger charge is -2.24. The van der Waals surface area contributed by atoms with Crippen LogP contribution in [0.5, 0.6) is 5.75 Å². The smallest absolute Gasteiger partial charge is 0.269 e. The average Bonchev–Trinajstić information content (AvgIpc) is 2.36. The molecule has 0 saturated carbocycles. The second kappa shape index (κ2) is 6.17. The molecule has 104 valence electrons. The molecular weight excluding hydrogens is 248 g/mol.